The number of carbonyl (C=O) groups is 3. The van der Waals surface area contributed by atoms with E-state index in [2.05, 4.69) is 15.6 Å². The quantitative estimate of drug-likeness (QED) is 0.463. The molecule has 1 atom stereocenters. The van der Waals surface area contributed by atoms with E-state index in [-0.39, 0.29) is 25.4 Å². The number of methoxy groups -OCH3 is 1. The third kappa shape index (κ3) is 7.30. The Morgan fingerprint density at radius 3 is 2.24 bits per heavy atom. The minimum Gasteiger partial charge on any atom is -0.467 e. The molecule has 0 spiro atoms. The Morgan fingerprint density at radius 1 is 0.971 bits per heavy atom. The molecule has 2 amide bonds. The van der Waals surface area contributed by atoms with Crippen LogP contribution in [0.25, 0.3) is 0 Å². The predicted molar refractivity (Wildman–Crippen MR) is 123 cm³/mol. The highest BCUT2D eigenvalue weighted by Crippen LogP contribution is 2.06. The number of nitrogens with zero attached hydrogens (tertiary/aromatic N) is 2. The minimum absolute atomic E-state index is 0.0174. The molecule has 0 aliphatic heterocycles. The zero-order valence-corrected chi connectivity index (χ0v) is 18.5. The molecular weight excluding hydrogens is 440 g/mol. The van der Waals surface area contributed by atoms with Gasteiger partial charge in [-0.05, 0) is 17.2 Å². The Balaban J connectivity index is 1.56. The van der Waals surface area contributed by atoms with Crippen LogP contribution in [0.2, 0.25) is 0 Å². The average Bonchev–Trinajstić information content (AvgIpc) is 2.85. The number of ether oxygens (including phenoxy) is 2. The van der Waals surface area contributed by atoms with Crippen molar-refractivity contribution in [2.75, 3.05) is 12.4 Å². The molecule has 0 aliphatic carbocycles. The fraction of sp³-hybridized carbons (Fsp3) is 0.208. The second-order valence-corrected chi connectivity index (χ2v) is 7.24. The summed E-state index contributed by atoms with van der Waals surface area (Å²) in [5, 5.41) is 4.95. The molecule has 0 bridgehead atoms. The highest BCUT2D eigenvalue weighted by Gasteiger charge is 2.22. The van der Waals surface area contributed by atoms with Gasteiger partial charge >= 0.3 is 17.8 Å². The van der Waals surface area contributed by atoms with Crippen molar-refractivity contribution in [1.82, 2.24) is 14.9 Å². The van der Waals surface area contributed by atoms with Crippen LogP contribution in [-0.4, -0.2) is 40.7 Å². The molecule has 0 saturated heterocycles. The number of amides is 2. The van der Waals surface area contributed by atoms with Gasteiger partial charge in [-0.15, -0.1) is 0 Å². The zero-order valence-electron chi connectivity index (χ0n) is 18.5. The largest absolute Gasteiger partial charge is 0.467 e. The lowest BCUT2D eigenvalue weighted by molar-refractivity contribution is -0.145. The molecule has 34 heavy (non-hydrogen) atoms. The summed E-state index contributed by atoms with van der Waals surface area (Å²) in [5.41, 5.74) is 0.893. The number of hydrogen-bond donors (Lipinski definition) is 2. The maximum atomic E-state index is 12.5. The summed E-state index contributed by atoms with van der Waals surface area (Å²) in [6.45, 7) is -0.304. The fourth-order valence-electron chi connectivity index (χ4n) is 3.06. The van der Waals surface area contributed by atoms with E-state index in [4.69, 9.17) is 9.47 Å². The van der Waals surface area contributed by atoms with Gasteiger partial charge < -0.3 is 14.8 Å². The van der Waals surface area contributed by atoms with Gasteiger partial charge in [-0.2, -0.15) is 4.98 Å². The average molecular weight is 464 g/mol. The number of benzene rings is 2. The molecule has 10 heteroatoms. The van der Waals surface area contributed by atoms with Gasteiger partial charge in [-0.1, -0.05) is 60.7 Å². The number of esters is 1. The van der Waals surface area contributed by atoms with Crippen LogP contribution in [0.4, 0.5) is 10.6 Å². The molecule has 1 heterocycles. The molecule has 10 nitrogen and oxygen atoms in total. The minimum atomic E-state index is -0.913. The molecule has 3 rings (SSSR count). The summed E-state index contributed by atoms with van der Waals surface area (Å²) < 4.78 is 10.9. The van der Waals surface area contributed by atoms with Gasteiger partial charge in [0.15, 0.2) is 0 Å². The number of carbonyl (C=O) groups excluding carboxylic acids is 3. The first-order valence-corrected chi connectivity index (χ1v) is 10.4. The van der Waals surface area contributed by atoms with E-state index in [1.807, 2.05) is 60.7 Å². The topological polar surface area (TPSA) is 129 Å². The first-order chi connectivity index (χ1) is 16.4. The number of rotatable bonds is 9. The maximum Gasteiger partial charge on any atom is 0.413 e. The van der Waals surface area contributed by atoms with Crippen LogP contribution in [0.1, 0.15) is 11.1 Å². The van der Waals surface area contributed by atoms with Crippen LogP contribution in [0.5, 0.6) is 0 Å². The van der Waals surface area contributed by atoms with E-state index in [1.165, 1.54) is 19.4 Å². The third-order valence-corrected chi connectivity index (χ3v) is 4.73. The second-order valence-electron chi connectivity index (χ2n) is 7.24. The molecular formula is C24H24N4O6. The van der Waals surface area contributed by atoms with Gasteiger partial charge in [0.2, 0.25) is 5.91 Å². The van der Waals surface area contributed by atoms with Crippen LogP contribution < -0.4 is 16.3 Å². The monoisotopic (exact) mass is 464 g/mol. The van der Waals surface area contributed by atoms with Crippen molar-refractivity contribution in [3.63, 3.8) is 0 Å². The molecule has 3 aromatic rings. The molecule has 0 radical (unpaired) electrons. The molecule has 0 unspecified atom stereocenters. The van der Waals surface area contributed by atoms with Crippen molar-refractivity contribution in [3.05, 3.63) is 94.5 Å². The first-order valence-electron chi connectivity index (χ1n) is 10.4. The number of hydrogen-bond acceptors (Lipinski definition) is 7. The SMILES string of the molecule is COC(=O)[C@H](Cc1ccccc1)NC(=O)Cn1ccc(NC(=O)OCc2ccccc2)nc1=O. The molecule has 2 N–H and O–H groups in total. The van der Waals surface area contributed by atoms with Crippen molar-refractivity contribution in [3.8, 4) is 0 Å². The summed E-state index contributed by atoms with van der Waals surface area (Å²) >= 11 is 0. The van der Waals surface area contributed by atoms with Crippen LogP contribution in [0.3, 0.4) is 0 Å². The highest BCUT2D eigenvalue weighted by atomic mass is 16.5. The Morgan fingerprint density at radius 2 is 1.62 bits per heavy atom. The van der Waals surface area contributed by atoms with Gasteiger partial charge in [0.05, 0.1) is 7.11 Å². The fourth-order valence-corrected chi connectivity index (χ4v) is 3.06. The normalized spacial score (nSPS) is 11.2. The zero-order chi connectivity index (χ0) is 24.3. The summed E-state index contributed by atoms with van der Waals surface area (Å²) in [7, 11) is 1.23. The molecule has 0 fully saturated rings. The Labute approximate surface area is 195 Å². The number of anilines is 1. The van der Waals surface area contributed by atoms with E-state index >= 15 is 0 Å². The van der Waals surface area contributed by atoms with E-state index in [9.17, 15) is 19.2 Å². The van der Waals surface area contributed by atoms with Gasteiger partial charge in [0, 0.05) is 12.6 Å². The van der Waals surface area contributed by atoms with E-state index in [0.29, 0.717) is 0 Å². The lowest BCUT2D eigenvalue weighted by Gasteiger charge is -2.17. The Hall–Kier alpha value is -4.47. The molecule has 1 aromatic heterocycles. The van der Waals surface area contributed by atoms with Gasteiger partial charge in [0.1, 0.15) is 25.0 Å². The smallest absolute Gasteiger partial charge is 0.413 e. The van der Waals surface area contributed by atoms with Crippen molar-refractivity contribution in [2.24, 2.45) is 0 Å². The summed E-state index contributed by atoms with van der Waals surface area (Å²) in [6, 6.07) is 18.7. The summed E-state index contributed by atoms with van der Waals surface area (Å²) in [4.78, 5) is 52.5. The van der Waals surface area contributed by atoms with Crippen LogP contribution in [0, 0.1) is 0 Å². The van der Waals surface area contributed by atoms with Crippen molar-refractivity contribution < 1.29 is 23.9 Å². The summed E-state index contributed by atoms with van der Waals surface area (Å²) in [6.07, 6.45) is 0.778. The molecule has 2 aromatic carbocycles. The molecule has 176 valence electrons. The first kappa shape index (κ1) is 24.2. The van der Waals surface area contributed by atoms with E-state index in [1.54, 1.807) is 0 Å². The van der Waals surface area contributed by atoms with Gasteiger partial charge in [0.25, 0.3) is 0 Å². The standard InChI is InChI=1S/C24H24N4O6/c1-33-22(30)19(14-17-8-4-2-5-9-17)25-21(29)15-28-13-12-20(26-23(28)31)27-24(32)34-16-18-10-6-3-7-11-18/h2-13,19H,14-16H2,1H3,(H,25,29)(H,26,27,31,32)/t19-/m0/s1. The second kappa shape index (κ2) is 12.0. The van der Waals surface area contributed by atoms with Crippen LogP contribution in [-0.2, 0) is 38.6 Å². The Kier molecular flexibility index (Phi) is 8.50. The van der Waals surface area contributed by atoms with Gasteiger partial charge in [-0.3, -0.25) is 14.7 Å². The van der Waals surface area contributed by atoms with Crippen LogP contribution >= 0.6 is 0 Å². The van der Waals surface area contributed by atoms with E-state index in [0.717, 1.165) is 15.7 Å². The number of nitrogens with one attached hydrogen (secondary N) is 2. The highest BCUT2D eigenvalue weighted by molar-refractivity contribution is 5.85. The predicted octanol–water partition coefficient (Wildman–Crippen LogP) is 1.89. The molecule has 0 aliphatic rings. The molecule has 0 saturated carbocycles. The lowest BCUT2D eigenvalue weighted by Crippen LogP contribution is -2.45. The lowest BCUT2D eigenvalue weighted by atomic mass is 10.1. The van der Waals surface area contributed by atoms with Crippen LogP contribution in [0.15, 0.2) is 77.7 Å². The maximum absolute atomic E-state index is 12.5. The van der Waals surface area contributed by atoms with Gasteiger partial charge in [-0.25, -0.2) is 14.4 Å². The van der Waals surface area contributed by atoms with Crippen molar-refractivity contribution in [1.29, 1.82) is 0 Å². The van der Waals surface area contributed by atoms with Crippen molar-refractivity contribution in [2.45, 2.75) is 25.6 Å². The van der Waals surface area contributed by atoms with Crippen molar-refractivity contribution >= 4 is 23.8 Å². The summed E-state index contributed by atoms with van der Waals surface area (Å²) in [5.74, 6) is -1.19. The number of aromatic nitrogens is 2. The van der Waals surface area contributed by atoms with E-state index < -0.39 is 29.7 Å². The Bertz CT molecular complexity index is 1180. The third-order valence-electron chi connectivity index (χ3n) is 4.73.